The Morgan fingerprint density at radius 2 is 2.45 bits per heavy atom. The third-order valence-corrected chi connectivity index (χ3v) is 1.89. The van der Waals surface area contributed by atoms with Gasteiger partial charge in [0.25, 0.3) is 0 Å². The van der Waals surface area contributed by atoms with Crippen LogP contribution in [0.1, 0.15) is 0 Å². The average molecular weight is 222 g/mol. The largest absolute Gasteiger partial charge is 0.389 e. The minimum Gasteiger partial charge on any atom is -0.389 e. The lowest BCUT2D eigenvalue weighted by Crippen LogP contribution is -2.39. The minimum atomic E-state index is -0.373. The molecular weight excluding hydrogens is 210 g/mol. The van der Waals surface area contributed by atoms with Crippen molar-refractivity contribution in [1.29, 1.82) is 0 Å². The van der Waals surface area contributed by atoms with Gasteiger partial charge < -0.3 is 15.2 Å². The van der Waals surface area contributed by atoms with Crippen LogP contribution in [0.5, 0.6) is 0 Å². The summed E-state index contributed by atoms with van der Waals surface area (Å²) < 4.78 is 5.93. The number of aliphatic hydroxyl groups is 1. The summed E-state index contributed by atoms with van der Waals surface area (Å²) in [5, 5.41) is 12.4. The lowest BCUT2D eigenvalue weighted by atomic mass is 10.2. The molecule has 1 aliphatic heterocycles. The van der Waals surface area contributed by atoms with Crippen molar-refractivity contribution in [2.45, 2.75) is 12.1 Å². The zero-order chi connectivity index (χ0) is 8.27. The number of hydrogen-bond acceptors (Lipinski definition) is 3. The first-order chi connectivity index (χ1) is 5.20. The summed E-state index contributed by atoms with van der Waals surface area (Å²) in [4.78, 5) is 0. The van der Waals surface area contributed by atoms with Crippen molar-refractivity contribution in [3.8, 4) is 0 Å². The molecule has 3 nitrogen and oxygen atoms in total. The number of hydrogen-bond donors (Lipinski definition) is 2. The lowest BCUT2D eigenvalue weighted by Gasteiger charge is -2.13. The van der Waals surface area contributed by atoms with E-state index in [2.05, 4.69) is 27.8 Å². The molecule has 0 amide bonds. The maximum absolute atomic E-state index is 9.27. The lowest BCUT2D eigenvalue weighted by molar-refractivity contribution is 0.122. The van der Waals surface area contributed by atoms with Crippen molar-refractivity contribution in [2.24, 2.45) is 0 Å². The Bertz CT molecular complexity index is 151. The van der Waals surface area contributed by atoms with Crippen molar-refractivity contribution in [1.82, 2.24) is 5.32 Å². The van der Waals surface area contributed by atoms with Crippen LogP contribution in [-0.2, 0) is 4.74 Å². The summed E-state index contributed by atoms with van der Waals surface area (Å²) in [6.07, 6.45) is -0.373. The van der Waals surface area contributed by atoms with Crippen LogP contribution in [0.25, 0.3) is 0 Å². The maximum Gasteiger partial charge on any atom is 0.0948 e. The van der Waals surface area contributed by atoms with Gasteiger partial charge in [0.2, 0.25) is 0 Å². The normalized spacial score (nSPS) is 30.7. The minimum absolute atomic E-state index is 0.0595. The van der Waals surface area contributed by atoms with E-state index in [1.54, 1.807) is 0 Å². The van der Waals surface area contributed by atoms with E-state index < -0.39 is 0 Å². The summed E-state index contributed by atoms with van der Waals surface area (Å²) in [5.74, 6) is 0. The van der Waals surface area contributed by atoms with Crippen molar-refractivity contribution < 1.29 is 9.84 Å². The van der Waals surface area contributed by atoms with E-state index in [1.807, 2.05) is 0 Å². The number of rotatable bonds is 3. The maximum atomic E-state index is 9.27. The van der Waals surface area contributed by atoms with Gasteiger partial charge in [-0.1, -0.05) is 22.5 Å². The van der Waals surface area contributed by atoms with Gasteiger partial charge in [-0.3, -0.25) is 0 Å². The first-order valence-electron chi connectivity index (χ1n) is 3.52. The molecule has 0 bridgehead atoms. The van der Waals surface area contributed by atoms with E-state index in [1.165, 1.54) is 0 Å². The molecule has 0 unspecified atom stereocenters. The Morgan fingerprint density at radius 3 is 2.91 bits per heavy atom. The average Bonchev–Trinajstić information content (AvgIpc) is 2.31. The zero-order valence-electron chi connectivity index (χ0n) is 6.22. The molecule has 1 fully saturated rings. The molecule has 1 aliphatic rings. The van der Waals surface area contributed by atoms with Gasteiger partial charge in [0.1, 0.15) is 0 Å². The van der Waals surface area contributed by atoms with Crippen LogP contribution in [-0.4, -0.2) is 37.0 Å². The fraction of sp³-hybridized carbons (Fsp3) is 0.714. The molecule has 0 saturated carbocycles. The summed E-state index contributed by atoms with van der Waals surface area (Å²) in [6, 6.07) is 0.0595. The summed E-state index contributed by atoms with van der Waals surface area (Å²) in [7, 11) is 0. The fourth-order valence-corrected chi connectivity index (χ4v) is 1.14. The standard InChI is InChI=1S/C7H12BrNO2/c1-5(8)2-9-6-3-11-4-7(6)10/h6-7,9-10H,1-4H2/t6-,7-/m1/s1. The Hall–Kier alpha value is 0.1000. The van der Waals surface area contributed by atoms with Gasteiger partial charge in [-0.2, -0.15) is 0 Å². The van der Waals surface area contributed by atoms with Crippen LogP contribution in [0, 0.1) is 0 Å². The Kier molecular flexibility index (Phi) is 3.51. The monoisotopic (exact) mass is 221 g/mol. The molecule has 0 aromatic rings. The molecule has 0 spiro atoms. The van der Waals surface area contributed by atoms with Crippen LogP contribution < -0.4 is 5.32 Å². The van der Waals surface area contributed by atoms with Crippen LogP contribution in [0.3, 0.4) is 0 Å². The van der Waals surface area contributed by atoms with Crippen LogP contribution in [0.2, 0.25) is 0 Å². The summed E-state index contributed by atoms with van der Waals surface area (Å²) in [5.41, 5.74) is 0. The van der Waals surface area contributed by atoms with Crippen molar-refractivity contribution in [2.75, 3.05) is 19.8 Å². The molecule has 0 aliphatic carbocycles. The SMILES string of the molecule is C=C(Br)CN[C@@H]1COC[C@H]1O. The van der Waals surface area contributed by atoms with Gasteiger partial charge in [0.05, 0.1) is 25.4 Å². The predicted molar refractivity (Wildman–Crippen MR) is 46.7 cm³/mol. The highest BCUT2D eigenvalue weighted by atomic mass is 79.9. The van der Waals surface area contributed by atoms with E-state index in [4.69, 9.17) is 4.74 Å². The Morgan fingerprint density at radius 1 is 1.73 bits per heavy atom. The highest BCUT2D eigenvalue weighted by molar-refractivity contribution is 9.11. The molecule has 0 aromatic carbocycles. The number of ether oxygens (including phenoxy) is 1. The van der Waals surface area contributed by atoms with E-state index in [0.29, 0.717) is 19.8 Å². The van der Waals surface area contributed by atoms with Crippen molar-refractivity contribution in [3.63, 3.8) is 0 Å². The quantitative estimate of drug-likeness (QED) is 0.718. The van der Waals surface area contributed by atoms with Gasteiger partial charge in [0, 0.05) is 11.0 Å². The first kappa shape index (κ1) is 9.19. The smallest absolute Gasteiger partial charge is 0.0948 e. The second kappa shape index (κ2) is 4.21. The number of halogens is 1. The molecule has 1 saturated heterocycles. The van der Waals surface area contributed by atoms with Gasteiger partial charge in [-0.05, 0) is 0 Å². The predicted octanol–water partition coefficient (Wildman–Crippen LogP) is 0.244. The highest BCUT2D eigenvalue weighted by Gasteiger charge is 2.25. The molecule has 0 radical (unpaired) electrons. The molecule has 64 valence electrons. The molecule has 2 N–H and O–H groups in total. The fourth-order valence-electron chi connectivity index (χ4n) is 0.980. The number of aliphatic hydroxyl groups excluding tert-OH is 1. The van der Waals surface area contributed by atoms with Crippen molar-refractivity contribution in [3.05, 3.63) is 11.1 Å². The van der Waals surface area contributed by atoms with Gasteiger partial charge in [-0.15, -0.1) is 0 Å². The third-order valence-electron chi connectivity index (χ3n) is 1.61. The van der Waals surface area contributed by atoms with E-state index in [9.17, 15) is 5.11 Å². The van der Waals surface area contributed by atoms with Crippen LogP contribution in [0.4, 0.5) is 0 Å². The van der Waals surface area contributed by atoms with Crippen molar-refractivity contribution >= 4 is 15.9 Å². The molecule has 0 aromatic heterocycles. The second-order valence-corrected chi connectivity index (χ2v) is 3.73. The van der Waals surface area contributed by atoms with E-state index in [-0.39, 0.29) is 12.1 Å². The Balaban J connectivity index is 2.20. The van der Waals surface area contributed by atoms with Gasteiger partial charge in [-0.25, -0.2) is 0 Å². The van der Waals surface area contributed by atoms with Gasteiger partial charge >= 0.3 is 0 Å². The Labute approximate surface area is 74.6 Å². The zero-order valence-corrected chi connectivity index (χ0v) is 7.80. The van der Waals surface area contributed by atoms with E-state index >= 15 is 0 Å². The molecular formula is C7H12BrNO2. The topological polar surface area (TPSA) is 41.5 Å². The third kappa shape index (κ3) is 2.91. The first-order valence-corrected chi connectivity index (χ1v) is 4.32. The summed E-state index contributed by atoms with van der Waals surface area (Å²) >= 11 is 3.22. The summed E-state index contributed by atoms with van der Waals surface area (Å²) in [6.45, 7) is 5.37. The molecule has 1 rings (SSSR count). The van der Waals surface area contributed by atoms with E-state index in [0.717, 1.165) is 4.48 Å². The second-order valence-electron chi connectivity index (χ2n) is 2.61. The van der Waals surface area contributed by atoms with Crippen LogP contribution in [0.15, 0.2) is 11.1 Å². The molecule has 11 heavy (non-hydrogen) atoms. The molecule has 2 atom stereocenters. The highest BCUT2D eigenvalue weighted by Crippen LogP contribution is 2.06. The van der Waals surface area contributed by atoms with Crippen LogP contribution >= 0.6 is 15.9 Å². The molecule has 4 heteroatoms. The number of nitrogens with one attached hydrogen (secondary N) is 1. The molecule has 1 heterocycles. The van der Waals surface area contributed by atoms with Gasteiger partial charge in [0.15, 0.2) is 0 Å².